The molecule has 1 aliphatic heterocycles. The Balaban J connectivity index is 2.31. The minimum absolute atomic E-state index is 0.0315. The lowest BCUT2D eigenvalue weighted by Gasteiger charge is -2.33. The lowest BCUT2D eigenvalue weighted by atomic mass is 10.0. The summed E-state index contributed by atoms with van der Waals surface area (Å²) in [6.45, 7) is 2.38. The van der Waals surface area contributed by atoms with Crippen molar-refractivity contribution in [3.05, 3.63) is 33.9 Å². The van der Waals surface area contributed by atoms with Gasteiger partial charge in [-0.25, -0.2) is 4.48 Å². The van der Waals surface area contributed by atoms with Gasteiger partial charge < -0.3 is 10.1 Å². The zero-order valence-corrected chi connectivity index (χ0v) is 14.7. The van der Waals surface area contributed by atoms with Crippen LogP contribution in [0.15, 0.2) is 18.2 Å². The number of likely N-dealkylation sites (N-methyl/N-ethyl adjacent to an activating group) is 1. The van der Waals surface area contributed by atoms with Crippen LogP contribution >= 0.6 is 0 Å². The Kier molecular flexibility index (Phi) is 5.45. The van der Waals surface area contributed by atoms with Gasteiger partial charge in [0, 0.05) is 18.2 Å². The summed E-state index contributed by atoms with van der Waals surface area (Å²) in [5.74, 6) is 0. The molecule has 1 fully saturated rings. The van der Waals surface area contributed by atoms with Gasteiger partial charge in [-0.05, 0) is 18.6 Å². The summed E-state index contributed by atoms with van der Waals surface area (Å²) < 4.78 is 44.3. The first kappa shape index (κ1) is 20.0. The average Bonchev–Trinajstić information content (AvgIpc) is 2.89. The van der Waals surface area contributed by atoms with E-state index in [-0.39, 0.29) is 22.3 Å². The fraction of sp³-hybridized carbons (Fsp3) is 0.562. The molecule has 1 aliphatic rings. The van der Waals surface area contributed by atoms with E-state index in [9.17, 15) is 28.1 Å². The number of carbonyl (C=O) groups excluding carboxylic acids is 1. The molecule has 0 radical (unpaired) electrons. The largest absolute Gasteiger partial charge is 0.515 e. The van der Waals surface area contributed by atoms with Crippen molar-refractivity contribution in [3.8, 4) is 0 Å². The van der Waals surface area contributed by atoms with Gasteiger partial charge in [-0.1, -0.05) is 6.92 Å². The molecule has 0 spiro atoms. The second kappa shape index (κ2) is 7.10. The van der Waals surface area contributed by atoms with Gasteiger partial charge in [-0.3, -0.25) is 10.1 Å². The van der Waals surface area contributed by atoms with Crippen LogP contribution in [0.1, 0.15) is 25.3 Å². The summed E-state index contributed by atoms with van der Waals surface area (Å²) in [6.07, 6.45) is -4.07. The number of nitro benzene ring substituents is 1. The molecule has 0 aromatic heterocycles. The van der Waals surface area contributed by atoms with Crippen molar-refractivity contribution in [1.29, 1.82) is 0 Å². The highest BCUT2D eigenvalue weighted by molar-refractivity contribution is 5.60. The minimum Gasteiger partial charge on any atom is -0.423 e. The summed E-state index contributed by atoms with van der Waals surface area (Å²) in [5.41, 5.74) is -2.16. The molecule has 3 atom stereocenters. The van der Waals surface area contributed by atoms with Crippen LogP contribution in [-0.2, 0) is 10.9 Å². The van der Waals surface area contributed by atoms with Gasteiger partial charge in [0.05, 0.1) is 31.7 Å². The number of hydrogen-bond donors (Lipinski definition) is 1. The Labute approximate surface area is 148 Å². The fourth-order valence-electron chi connectivity index (χ4n) is 3.68. The SMILES string of the molecule is CCC1[C@@H](Nc2ccc([N+](=O)[O-])c(C(F)(F)F)c2)CC[N+]1(C)C(=O)OC. The molecule has 1 N–H and O–H groups in total. The number of nitrogens with zero attached hydrogens (tertiary/aromatic N) is 2. The van der Waals surface area contributed by atoms with Crippen molar-refractivity contribution in [1.82, 2.24) is 0 Å². The first-order valence-electron chi connectivity index (χ1n) is 8.10. The molecular weight excluding hydrogens is 355 g/mol. The molecule has 144 valence electrons. The van der Waals surface area contributed by atoms with E-state index in [1.807, 2.05) is 6.92 Å². The Morgan fingerprint density at radius 1 is 1.46 bits per heavy atom. The molecule has 2 rings (SSSR count). The monoisotopic (exact) mass is 376 g/mol. The fourth-order valence-corrected chi connectivity index (χ4v) is 3.68. The Morgan fingerprint density at radius 2 is 2.12 bits per heavy atom. The highest BCUT2D eigenvalue weighted by Crippen LogP contribution is 2.38. The number of rotatable bonds is 4. The number of likely N-dealkylation sites (tertiary alicyclic amines) is 1. The van der Waals surface area contributed by atoms with Crippen LogP contribution in [0.2, 0.25) is 0 Å². The quantitative estimate of drug-likeness (QED) is 0.491. The zero-order valence-electron chi connectivity index (χ0n) is 14.7. The van der Waals surface area contributed by atoms with E-state index in [1.54, 1.807) is 7.05 Å². The molecule has 1 saturated heterocycles. The highest BCUT2D eigenvalue weighted by atomic mass is 19.4. The molecule has 2 unspecified atom stereocenters. The van der Waals surface area contributed by atoms with Crippen molar-refractivity contribution in [2.45, 2.75) is 38.0 Å². The molecule has 10 heteroatoms. The topological polar surface area (TPSA) is 81.5 Å². The molecule has 0 saturated carbocycles. The Morgan fingerprint density at radius 3 is 2.62 bits per heavy atom. The van der Waals surface area contributed by atoms with E-state index in [2.05, 4.69) is 5.32 Å². The van der Waals surface area contributed by atoms with Crippen molar-refractivity contribution >= 4 is 17.5 Å². The third-order valence-electron chi connectivity index (χ3n) is 4.96. The minimum atomic E-state index is -4.84. The number of nitro groups is 1. The standard InChI is InChI=1S/C16H21F3N3O4/c1-4-14-12(7-8-22(14,2)15(23)26-3)20-10-5-6-13(21(24)25)11(9-10)16(17,18)19/h5-6,9,12,14,20H,4,7-8H2,1-3H3/q+1/t12-,14?,22?/m0/s1. The van der Waals surface area contributed by atoms with Gasteiger partial charge in [-0.15, -0.1) is 0 Å². The lowest BCUT2D eigenvalue weighted by Crippen LogP contribution is -2.55. The van der Waals surface area contributed by atoms with Gasteiger partial charge in [0.25, 0.3) is 5.69 Å². The van der Waals surface area contributed by atoms with Gasteiger partial charge >= 0.3 is 12.3 Å². The van der Waals surface area contributed by atoms with Gasteiger partial charge in [-0.2, -0.15) is 18.0 Å². The lowest BCUT2D eigenvalue weighted by molar-refractivity contribution is -0.850. The Bertz CT molecular complexity index is 710. The maximum atomic E-state index is 13.1. The first-order chi connectivity index (χ1) is 12.0. The van der Waals surface area contributed by atoms with Crippen LogP contribution in [0.5, 0.6) is 0 Å². The molecule has 0 bridgehead atoms. The number of quaternary nitrogens is 1. The average molecular weight is 376 g/mol. The number of amides is 1. The number of hydrogen-bond acceptors (Lipinski definition) is 5. The van der Waals surface area contributed by atoms with Crippen LogP contribution < -0.4 is 5.32 Å². The van der Waals surface area contributed by atoms with E-state index >= 15 is 0 Å². The van der Waals surface area contributed by atoms with Crippen LogP contribution in [-0.4, -0.2) is 48.3 Å². The number of carbonyl (C=O) groups is 1. The van der Waals surface area contributed by atoms with E-state index in [0.29, 0.717) is 19.4 Å². The number of nitrogens with one attached hydrogen (secondary N) is 1. The van der Waals surface area contributed by atoms with Crippen molar-refractivity contribution in [3.63, 3.8) is 0 Å². The maximum Gasteiger partial charge on any atom is 0.515 e. The second-order valence-electron chi connectivity index (χ2n) is 6.46. The number of methoxy groups -OCH3 is 1. The van der Waals surface area contributed by atoms with Crippen LogP contribution in [0.25, 0.3) is 0 Å². The number of anilines is 1. The van der Waals surface area contributed by atoms with Crippen LogP contribution in [0, 0.1) is 10.1 Å². The van der Waals surface area contributed by atoms with E-state index in [0.717, 1.165) is 12.1 Å². The molecule has 1 heterocycles. The van der Waals surface area contributed by atoms with Crippen LogP contribution in [0.3, 0.4) is 0 Å². The van der Waals surface area contributed by atoms with Gasteiger partial charge in [0.1, 0.15) is 11.6 Å². The van der Waals surface area contributed by atoms with E-state index in [1.165, 1.54) is 13.2 Å². The number of alkyl halides is 3. The third kappa shape index (κ3) is 3.59. The van der Waals surface area contributed by atoms with E-state index < -0.39 is 28.4 Å². The zero-order chi connectivity index (χ0) is 19.7. The summed E-state index contributed by atoms with van der Waals surface area (Å²) >= 11 is 0. The summed E-state index contributed by atoms with van der Waals surface area (Å²) in [6, 6.07) is 2.39. The smallest absolute Gasteiger partial charge is 0.423 e. The summed E-state index contributed by atoms with van der Waals surface area (Å²) in [4.78, 5) is 21.9. The third-order valence-corrected chi connectivity index (χ3v) is 4.96. The summed E-state index contributed by atoms with van der Waals surface area (Å²) in [5, 5.41) is 13.9. The molecular formula is C16H21F3N3O4+. The van der Waals surface area contributed by atoms with Crippen LogP contribution in [0.4, 0.5) is 29.3 Å². The molecule has 1 aromatic carbocycles. The highest BCUT2D eigenvalue weighted by Gasteiger charge is 2.50. The molecule has 7 nitrogen and oxygen atoms in total. The molecule has 1 amide bonds. The second-order valence-corrected chi connectivity index (χ2v) is 6.46. The number of benzene rings is 1. The maximum absolute atomic E-state index is 13.1. The normalized spacial score (nSPS) is 25.8. The molecule has 26 heavy (non-hydrogen) atoms. The number of ether oxygens (including phenoxy) is 1. The van der Waals surface area contributed by atoms with Crippen molar-refractivity contribution in [2.24, 2.45) is 0 Å². The van der Waals surface area contributed by atoms with Crippen molar-refractivity contribution in [2.75, 3.05) is 26.0 Å². The van der Waals surface area contributed by atoms with Gasteiger partial charge in [0.15, 0.2) is 0 Å². The number of halogens is 3. The molecule has 0 aliphatic carbocycles. The van der Waals surface area contributed by atoms with E-state index in [4.69, 9.17) is 4.74 Å². The predicted octanol–water partition coefficient (Wildman–Crippen LogP) is 3.79. The predicted molar refractivity (Wildman–Crippen MR) is 87.7 cm³/mol. The first-order valence-corrected chi connectivity index (χ1v) is 8.10. The Hall–Kier alpha value is -2.36. The van der Waals surface area contributed by atoms with Gasteiger partial charge in [0.2, 0.25) is 0 Å². The summed E-state index contributed by atoms with van der Waals surface area (Å²) in [7, 11) is 3.03. The van der Waals surface area contributed by atoms with Crippen molar-refractivity contribution < 1.29 is 32.1 Å². The molecule has 1 aromatic rings.